The summed E-state index contributed by atoms with van der Waals surface area (Å²) in [5.41, 5.74) is 6.62. The van der Waals surface area contributed by atoms with Crippen molar-refractivity contribution in [2.45, 2.75) is 19.1 Å². The number of aromatic nitrogens is 1. The van der Waals surface area contributed by atoms with Gasteiger partial charge in [0.2, 0.25) is 0 Å². The lowest BCUT2D eigenvalue weighted by molar-refractivity contribution is 0.220. The maximum Gasteiger partial charge on any atom is 0.142 e. The summed E-state index contributed by atoms with van der Waals surface area (Å²) in [7, 11) is 0. The summed E-state index contributed by atoms with van der Waals surface area (Å²) in [5.74, 6) is 0.823. The third-order valence-corrected chi connectivity index (χ3v) is 2.40. The van der Waals surface area contributed by atoms with E-state index in [4.69, 9.17) is 10.5 Å². The number of rotatable bonds is 3. The van der Waals surface area contributed by atoms with Gasteiger partial charge in [-0.15, -0.1) is 0 Å². The molecule has 76 valence electrons. The van der Waals surface area contributed by atoms with E-state index in [1.165, 1.54) is 0 Å². The Kier molecular flexibility index (Phi) is 2.96. The Hall–Kier alpha value is -1.13. The van der Waals surface area contributed by atoms with Gasteiger partial charge in [-0.1, -0.05) is 0 Å². The van der Waals surface area contributed by atoms with Crippen molar-refractivity contribution in [1.29, 1.82) is 0 Å². The van der Waals surface area contributed by atoms with E-state index in [1.807, 2.05) is 6.07 Å². The molecule has 0 bridgehead atoms. The number of nitrogens with two attached hydrogens (primary N) is 1. The molecule has 1 aliphatic heterocycles. The summed E-state index contributed by atoms with van der Waals surface area (Å²) in [6.45, 7) is 2.44. The van der Waals surface area contributed by atoms with Crippen LogP contribution in [0.1, 0.15) is 12.0 Å². The molecule has 2 heterocycles. The largest absolute Gasteiger partial charge is 0.487 e. The second-order valence-corrected chi connectivity index (χ2v) is 3.42. The van der Waals surface area contributed by atoms with E-state index in [2.05, 4.69) is 10.3 Å². The minimum atomic E-state index is 0.268. The van der Waals surface area contributed by atoms with Gasteiger partial charge >= 0.3 is 0 Å². The fraction of sp³-hybridized carbons (Fsp3) is 0.500. The molecule has 2 rings (SSSR count). The molecular weight excluding hydrogens is 178 g/mol. The standard InChI is InChI=1S/C10H15N3O/c11-5-8-1-3-13-7-10(8)14-9-2-4-12-6-9/h1,3,7,9,12H,2,4-6,11H2/t9-/m0/s1. The molecule has 1 aromatic rings. The SMILES string of the molecule is NCc1ccncc1O[C@H]1CCNC1. The molecule has 1 atom stereocenters. The third-order valence-electron chi connectivity index (χ3n) is 2.40. The fourth-order valence-electron chi connectivity index (χ4n) is 1.59. The van der Waals surface area contributed by atoms with Crippen LogP contribution in [0, 0.1) is 0 Å². The smallest absolute Gasteiger partial charge is 0.142 e. The average molecular weight is 193 g/mol. The van der Waals surface area contributed by atoms with Crippen LogP contribution in [0.3, 0.4) is 0 Å². The number of hydrogen-bond donors (Lipinski definition) is 2. The van der Waals surface area contributed by atoms with Gasteiger partial charge in [0.25, 0.3) is 0 Å². The van der Waals surface area contributed by atoms with Crippen molar-refractivity contribution in [2.24, 2.45) is 5.73 Å². The predicted molar refractivity (Wildman–Crippen MR) is 54.0 cm³/mol. The van der Waals surface area contributed by atoms with Crippen molar-refractivity contribution in [3.63, 3.8) is 0 Å². The van der Waals surface area contributed by atoms with Crippen molar-refractivity contribution in [1.82, 2.24) is 10.3 Å². The van der Waals surface area contributed by atoms with Crippen LogP contribution in [-0.4, -0.2) is 24.2 Å². The highest BCUT2D eigenvalue weighted by molar-refractivity contribution is 5.29. The van der Waals surface area contributed by atoms with E-state index < -0.39 is 0 Å². The van der Waals surface area contributed by atoms with Gasteiger partial charge < -0.3 is 15.8 Å². The van der Waals surface area contributed by atoms with Crippen molar-refractivity contribution >= 4 is 0 Å². The first-order chi connectivity index (χ1) is 6.90. The van der Waals surface area contributed by atoms with Gasteiger partial charge in [0.15, 0.2) is 0 Å². The molecule has 0 spiro atoms. The topological polar surface area (TPSA) is 60.2 Å². The second-order valence-electron chi connectivity index (χ2n) is 3.42. The van der Waals surface area contributed by atoms with Gasteiger partial charge in [0, 0.05) is 24.8 Å². The maximum atomic E-state index is 5.79. The first-order valence-corrected chi connectivity index (χ1v) is 4.90. The van der Waals surface area contributed by atoms with Crippen LogP contribution >= 0.6 is 0 Å². The van der Waals surface area contributed by atoms with Gasteiger partial charge in [0.05, 0.1) is 6.20 Å². The number of nitrogens with zero attached hydrogens (tertiary/aromatic N) is 1. The first-order valence-electron chi connectivity index (χ1n) is 4.90. The van der Waals surface area contributed by atoms with Crippen LogP contribution in [0.15, 0.2) is 18.5 Å². The molecule has 1 aromatic heterocycles. The van der Waals surface area contributed by atoms with E-state index in [9.17, 15) is 0 Å². The number of hydrogen-bond acceptors (Lipinski definition) is 4. The van der Waals surface area contributed by atoms with Gasteiger partial charge in [-0.3, -0.25) is 4.98 Å². The van der Waals surface area contributed by atoms with Gasteiger partial charge in [-0.25, -0.2) is 0 Å². The Morgan fingerprint density at radius 2 is 2.57 bits per heavy atom. The average Bonchev–Trinajstić information content (AvgIpc) is 2.71. The zero-order chi connectivity index (χ0) is 9.80. The van der Waals surface area contributed by atoms with Gasteiger partial charge in [0.1, 0.15) is 11.9 Å². The second kappa shape index (κ2) is 4.39. The summed E-state index contributed by atoms with van der Waals surface area (Å²) in [6, 6.07) is 1.90. The van der Waals surface area contributed by atoms with Crippen LogP contribution in [-0.2, 0) is 6.54 Å². The molecule has 0 amide bonds. The number of ether oxygens (including phenoxy) is 1. The minimum Gasteiger partial charge on any atom is -0.487 e. The molecule has 1 saturated heterocycles. The van der Waals surface area contributed by atoms with Gasteiger partial charge in [-0.05, 0) is 19.0 Å². The van der Waals surface area contributed by atoms with Crippen molar-refractivity contribution in [3.8, 4) is 5.75 Å². The molecule has 0 aromatic carbocycles. The monoisotopic (exact) mass is 193 g/mol. The van der Waals surface area contributed by atoms with E-state index in [1.54, 1.807) is 12.4 Å². The molecule has 4 heteroatoms. The van der Waals surface area contributed by atoms with E-state index in [0.717, 1.165) is 30.8 Å². The summed E-state index contributed by atoms with van der Waals surface area (Å²) in [5, 5.41) is 3.25. The summed E-state index contributed by atoms with van der Waals surface area (Å²) >= 11 is 0. The van der Waals surface area contributed by atoms with Crippen LogP contribution < -0.4 is 15.8 Å². The van der Waals surface area contributed by atoms with E-state index in [0.29, 0.717) is 6.54 Å². The van der Waals surface area contributed by atoms with Crippen LogP contribution in [0.5, 0.6) is 5.75 Å². The third kappa shape index (κ3) is 2.02. The molecule has 0 saturated carbocycles. The molecule has 0 unspecified atom stereocenters. The lowest BCUT2D eigenvalue weighted by atomic mass is 10.2. The molecule has 4 nitrogen and oxygen atoms in total. The zero-order valence-corrected chi connectivity index (χ0v) is 8.07. The highest BCUT2D eigenvalue weighted by Gasteiger charge is 2.16. The molecule has 0 radical (unpaired) electrons. The molecule has 0 aliphatic carbocycles. The number of pyridine rings is 1. The minimum absolute atomic E-state index is 0.268. The Morgan fingerprint density at radius 1 is 1.64 bits per heavy atom. The molecular formula is C10H15N3O. The highest BCUT2D eigenvalue weighted by atomic mass is 16.5. The summed E-state index contributed by atoms with van der Waals surface area (Å²) < 4.78 is 5.79. The fourth-order valence-corrected chi connectivity index (χ4v) is 1.59. The Morgan fingerprint density at radius 3 is 3.29 bits per heavy atom. The quantitative estimate of drug-likeness (QED) is 0.724. The van der Waals surface area contributed by atoms with E-state index >= 15 is 0 Å². The van der Waals surface area contributed by atoms with Gasteiger partial charge in [-0.2, -0.15) is 0 Å². The Labute approximate surface area is 83.5 Å². The normalized spacial score (nSPS) is 21.1. The summed E-state index contributed by atoms with van der Waals surface area (Å²) in [6.07, 6.45) is 4.80. The molecule has 1 aliphatic rings. The molecule has 3 N–H and O–H groups in total. The first kappa shape index (κ1) is 9.43. The number of nitrogens with one attached hydrogen (secondary N) is 1. The van der Waals surface area contributed by atoms with Crippen molar-refractivity contribution in [3.05, 3.63) is 24.0 Å². The van der Waals surface area contributed by atoms with Crippen LogP contribution in [0.2, 0.25) is 0 Å². The molecule has 14 heavy (non-hydrogen) atoms. The lowest BCUT2D eigenvalue weighted by Gasteiger charge is -2.14. The van der Waals surface area contributed by atoms with E-state index in [-0.39, 0.29) is 6.10 Å². The Balaban J connectivity index is 2.07. The van der Waals surface area contributed by atoms with Crippen molar-refractivity contribution < 1.29 is 4.74 Å². The molecule has 1 fully saturated rings. The Bertz CT molecular complexity index is 297. The maximum absolute atomic E-state index is 5.79. The highest BCUT2D eigenvalue weighted by Crippen LogP contribution is 2.18. The zero-order valence-electron chi connectivity index (χ0n) is 8.07. The van der Waals surface area contributed by atoms with Crippen LogP contribution in [0.25, 0.3) is 0 Å². The van der Waals surface area contributed by atoms with Crippen molar-refractivity contribution in [2.75, 3.05) is 13.1 Å². The predicted octanol–water partition coefficient (Wildman–Crippen LogP) is 0.281. The van der Waals surface area contributed by atoms with Crippen LogP contribution in [0.4, 0.5) is 0 Å². The lowest BCUT2D eigenvalue weighted by Crippen LogP contribution is -2.20. The summed E-state index contributed by atoms with van der Waals surface area (Å²) in [4.78, 5) is 4.03.